The Balaban J connectivity index is 1.37. The van der Waals surface area contributed by atoms with E-state index < -0.39 is 10.0 Å². The molecule has 1 amide bonds. The molecule has 4 rings (SSSR count). The summed E-state index contributed by atoms with van der Waals surface area (Å²) in [6.45, 7) is 2.83. The van der Waals surface area contributed by atoms with E-state index in [1.165, 1.54) is 16.4 Å². The Hall–Kier alpha value is -2.49. The molecular formula is C22H28N4O4S. The third-order valence-corrected chi connectivity index (χ3v) is 7.93. The van der Waals surface area contributed by atoms with Crippen LogP contribution < -0.4 is 4.90 Å². The van der Waals surface area contributed by atoms with Gasteiger partial charge in [-0.3, -0.25) is 4.79 Å². The third kappa shape index (κ3) is 4.73. The lowest BCUT2D eigenvalue weighted by Gasteiger charge is -2.37. The summed E-state index contributed by atoms with van der Waals surface area (Å²) >= 11 is 0. The minimum atomic E-state index is -3.56. The lowest BCUT2D eigenvalue weighted by atomic mass is 10.0. The highest BCUT2D eigenvalue weighted by Crippen LogP contribution is 2.22. The van der Waals surface area contributed by atoms with Gasteiger partial charge in [-0.05, 0) is 49.2 Å². The number of hydrogen-bond acceptors (Lipinski definition) is 6. The summed E-state index contributed by atoms with van der Waals surface area (Å²) < 4.78 is 32.2. The first-order chi connectivity index (χ1) is 15.0. The second kappa shape index (κ2) is 9.33. The molecule has 2 fully saturated rings. The van der Waals surface area contributed by atoms with Gasteiger partial charge in [0.15, 0.2) is 0 Å². The average Bonchev–Trinajstić information content (AvgIpc) is 2.84. The van der Waals surface area contributed by atoms with E-state index >= 15 is 0 Å². The zero-order valence-corrected chi connectivity index (χ0v) is 18.5. The van der Waals surface area contributed by atoms with Crippen LogP contribution in [0, 0.1) is 0 Å². The van der Waals surface area contributed by atoms with Crippen LogP contribution in [0.15, 0.2) is 53.6 Å². The Morgan fingerprint density at radius 1 is 1.03 bits per heavy atom. The molecule has 2 aromatic rings. The molecular weight excluding hydrogens is 416 g/mol. The third-order valence-electron chi connectivity index (χ3n) is 6.02. The van der Waals surface area contributed by atoms with Gasteiger partial charge in [0.2, 0.25) is 10.0 Å². The van der Waals surface area contributed by atoms with Crippen LogP contribution in [0.3, 0.4) is 0 Å². The first kappa shape index (κ1) is 21.7. The quantitative estimate of drug-likeness (QED) is 0.700. The highest BCUT2D eigenvalue weighted by Gasteiger charge is 2.28. The van der Waals surface area contributed by atoms with Crippen molar-refractivity contribution in [3.63, 3.8) is 0 Å². The molecule has 3 heterocycles. The topological polar surface area (TPSA) is 83.1 Å². The molecule has 0 radical (unpaired) electrons. The number of sulfonamides is 1. The molecule has 0 bridgehead atoms. The van der Waals surface area contributed by atoms with Crippen LogP contribution in [0.5, 0.6) is 0 Å². The number of hydrogen-bond donors (Lipinski definition) is 0. The van der Waals surface area contributed by atoms with Gasteiger partial charge in [-0.1, -0.05) is 6.07 Å². The number of benzene rings is 1. The molecule has 0 spiro atoms. The summed E-state index contributed by atoms with van der Waals surface area (Å²) in [7, 11) is -1.52. The molecule has 31 heavy (non-hydrogen) atoms. The van der Waals surface area contributed by atoms with Crippen LogP contribution in [0.1, 0.15) is 23.2 Å². The van der Waals surface area contributed by atoms with Crippen LogP contribution in [-0.4, -0.2) is 81.0 Å². The maximum atomic E-state index is 12.9. The molecule has 0 N–H and O–H groups in total. The molecule has 8 nitrogen and oxygen atoms in total. The Kier molecular flexibility index (Phi) is 6.54. The molecule has 166 valence electrons. The van der Waals surface area contributed by atoms with Crippen molar-refractivity contribution in [3.8, 4) is 0 Å². The number of carbonyl (C=O) groups excluding carboxylic acids is 1. The minimum absolute atomic E-state index is 0.0609. The fraction of sp³-hybridized carbons (Fsp3) is 0.455. The van der Waals surface area contributed by atoms with E-state index in [0.717, 1.165) is 18.7 Å². The van der Waals surface area contributed by atoms with Crippen molar-refractivity contribution in [2.45, 2.75) is 23.8 Å². The van der Waals surface area contributed by atoms with Crippen LogP contribution in [0.2, 0.25) is 0 Å². The van der Waals surface area contributed by atoms with Gasteiger partial charge in [-0.15, -0.1) is 0 Å². The first-order valence-electron chi connectivity index (χ1n) is 10.6. The summed E-state index contributed by atoms with van der Waals surface area (Å²) in [6.07, 6.45) is 3.51. The Bertz CT molecular complexity index is 984. The summed E-state index contributed by atoms with van der Waals surface area (Å²) in [5, 5.41) is 0. The van der Waals surface area contributed by atoms with Gasteiger partial charge in [-0.25, -0.2) is 13.4 Å². The SMILES string of the molecule is CN(c1ccccn1)C1CCN(C(=O)c2ccc(S(=O)(=O)N3CCOCC3)cc2)CC1. The summed E-state index contributed by atoms with van der Waals surface area (Å²) in [6, 6.07) is 12.5. The molecule has 0 atom stereocenters. The van der Waals surface area contributed by atoms with E-state index in [4.69, 9.17) is 4.74 Å². The zero-order chi connectivity index (χ0) is 21.8. The van der Waals surface area contributed by atoms with Crippen molar-refractivity contribution in [2.24, 2.45) is 0 Å². The number of amides is 1. The Labute approximate surface area is 183 Å². The number of rotatable bonds is 5. The van der Waals surface area contributed by atoms with Gasteiger partial charge in [0.05, 0.1) is 18.1 Å². The molecule has 1 aromatic heterocycles. The fourth-order valence-corrected chi connectivity index (χ4v) is 5.50. The number of piperidine rings is 1. The maximum Gasteiger partial charge on any atom is 0.253 e. The molecule has 0 saturated carbocycles. The van der Waals surface area contributed by atoms with Crippen molar-refractivity contribution >= 4 is 21.7 Å². The monoisotopic (exact) mass is 444 g/mol. The second-order valence-corrected chi connectivity index (χ2v) is 9.80. The molecule has 1 aromatic carbocycles. The number of carbonyl (C=O) groups is 1. The minimum Gasteiger partial charge on any atom is -0.379 e. The summed E-state index contributed by atoms with van der Waals surface area (Å²) in [5.74, 6) is 0.874. The maximum absolute atomic E-state index is 12.9. The number of aromatic nitrogens is 1. The highest BCUT2D eigenvalue weighted by molar-refractivity contribution is 7.89. The number of ether oxygens (including phenoxy) is 1. The number of morpholine rings is 1. The average molecular weight is 445 g/mol. The lowest BCUT2D eigenvalue weighted by molar-refractivity contribution is 0.0713. The van der Waals surface area contributed by atoms with Crippen LogP contribution >= 0.6 is 0 Å². The van der Waals surface area contributed by atoms with Crippen molar-refractivity contribution in [2.75, 3.05) is 51.3 Å². The standard InChI is InChI=1S/C22H28N4O4S/c1-24(21-4-2-3-11-23-21)19-9-12-25(13-10-19)22(27)18-5-7-20(8-6-18)31(28,29)26-14-16-30-17-15-26/h2-8,11,19H,9-10,12-17H2,1H3. The predicted molar refractivity (Wildman–Crippen MR) is 118 cm³/mol. The smallest absolute Gasteiger partial charge is 0.253 e. The van der Waals surface area contributed by atoms with Crippen molar-refractivity contribution in [3.05, 3.63) is 54.2 Å². The molecule has 0 aliphatic carbocycles. The number of nitrogens with zero attached hydrogens (tertiary/aromatic N) is 4. The van der Waals surface area contributed by atoms with Crippen LogP contribution in [-0.2, 0) is 14.8 Å². The van der Waals surface area contributed by atoms with Crippen molar-refractivity contribution in [1.29, 1.82) is 0 Å². The van der Waals surface area contributed by atoms with Gasteiger partial charge >= 0.3 is 0 Å². The van der Waals surface area contributed by atoms with Gasteiger partial charge in [0.25, 0.3) is 5.91 Å². The van der Waals surface area contributed by atoms with E-state index in [1.807, 2.05) is 30.1 Å². The van der Waals surface area contributed by atoms with Crippen molar-refractivity contribution in [1.82, 2.24) is 14.2 Å². The molecule has 0 unspecified atom stereocenters. The molecule has 2 saturated heterocycles. The summed E-state index contributed by atoms with van der Waals surface area (Å²) in [5.41, 5.74) is 0.512. The van der Waals surface area contributed by atoms with Gasteiger partial charge < -0.3 is 14.5 Å². The van der Waals surface area contributed by atoms with E-state index in [2.05, 4.69) is 9.88 Å². The highest BCUT2D eigenvalue weighted by atomic mass is 32.2. The largest absolute Gasteiger partial charge is 0.379 e. The normalized spacial score (nSPS) is 18.7. The number of pyridine rings is 1. The van der Waals surface area contributed by atoms with Gasteiger partial charge in [0, 0.05) is 51.0 Å². The first-order valence-corrected chi connectivity index (χ1v) is 12.0. The number of likely N-dealkylation sites (tertiary alicyclic amines) is 1. The van der Waals surface area contributed by atoms with E-state index in [0.29, 0.717) is 51.0 Å². The molecule has 2 aliphatic heterocycles. The van der Waals surface area contributed by atoms with Crippen molar-refractivity contribution < 1.29 is 17.9 Å². The van der Waals surface area contributed by atoms with Crippen LogP contribution in [0.4, 0.5) is 5.82 Å². The second-order valence-electron chi connectivity index (χ2n) is 7.86. The molecule has 2 aliphatic rings. The predicted octanol–water partition coefficient (Wildman–Crippen LogP) is 1.84. The van der Waals surface area contributed by atoms with E-state index in [-0.39, 0.29) is 10.8 Å². The van der Waals surface area contributed by atoms with Gasteiger partial charge in [0.1, 0.15) is 5.82 Å². The van der Waals surface area contributed by atoms with E-state index in [9.17, 15) is 13.2 Å². The fourth-order valence-electron chi connectivity index (χ4n) is 4.09. The van der Waals surface area contributed by atoms with Crippen LogP contribution in [0.25, 0.3) is 0 Å². The lowest BCUT2D eigenvalue weighted by Crippen LogP contribution is -2.45. The van der Waals surface area contributed by atoms with E-state index in [1.54, 1.807) is 18.3 Å². The summed E-state index contributed by atoms with van der Waals surface area (Å²) in [4.78, 5) is 21.6. The number of anilines is 1. The molecule has 9 heteroatoms. The Morgan fingerprint density at radius 2 is 1.71 bits per heavy atom. The zero-order valence-electron chi connectivity index (χ0n) is 17.7. The van der Waals surface area contributed by atoms with Gasteiger partial charge in [-0.2, -0.15) is 4.31 Å². The Morgan fingerprint density at radius 3 is 2.32 bits per heavy atom.